The van der Waals surface area contributed by atoms with Crippen molar-refractivity contribution >= 4 is 23.1 Å². The number of hydrogen-bond acceptors (Lipinski definition) is 8. The maximum atomic E-state index is 14.1. The lowest BCUT2D eigenvalue weighted by Gasteiger charge is -2.36. The Labute approximate surface area is 188 Å². The molecule has 33 heavy (non-hydrogen) atoms. The number of nitrogen functional groups attached to an aromatic ring is 1. The quantitative estimate of drug-likeness (QED) is 0.459. The number of nitrogens with one attached hydrogen (secondary N) is 1. The summed E-state index contributed by atoms with van der Waals surface area (Å²) in [6.45, 7) is 3.59. The van der Waals surface area contributed by atoms with Crippen molar-refractivity contribution in [3.63, 3.8) is 0 Å². The second-order valence-corrected chi connectivity index (χ2v) is 7.87. The molecule has 0 amide bonds. The Morgan fingerprint density at radius 1 is 1.12 bits per heavy atom. The molecule has 0 spiro atoms. The highest BCUT2D eigenvalue weighted by Gasteiger charge is 2.22. The molecule has 1 aliphatic heterocycles. The van der Waals surface area contributed by atoms with Gasteiger partial charge in [-0.3, -0.25) is 4.90 Å². The molecule has 1 aromatic carbocycles. The number of piperazine rings is 1. The number of nitrogens with zero attached hydrogens (tertiary/aromatic N) is 6. The molecule has 0 atom stereocenters. The van der Waals surface area contributed by atoms with E-state index in [1.165, 1.54) is 16.6 Å². The van der Waals surface area contributed by atoms with Crippen LogP contribution in [0.5, 0.6) is 0 Å². The maximum absolute atomic E-state index is 14.1. The number of anilines is 3. The number of halogens is 2. The van der Waals surface area contributed by atoms with Crippen LogP contribution in [0.1, 0.15) is 5.56 Å². The van der Waals surface area contributed by atoms with Gasteiger partial charge < -0.3 is 20.4 Å². The van der Waals surface area contributed by atoms with Crippen LogP contribution in [0.2, 0.25) is 0 Å². The fraction of sp³-hybridized carbons (Fsp3) is 0.318. The molecule has 0 unspecified atom stereocenters. The second-order valence-electron chi connectivity index (χ2n) is 7.87. The van der Waals surface area contributed by atoms with E-state index in [4.69, 9.17) is 10.2 Å². The van der Waals surface area contributed by atoms with Crippen LogP contribution in [0.4, 0.5) is 26.2 Å². The third-order valence-corrected chi connectivity index (χ3v) is 5.89. The molecular formula is C22H24F2N8O. The zero-order chi connectivity index (χ0) is 22.9. The van der Waals surface area contributed by atoms with Crippen LogP contribution < -0.4 is 16.0 Å². The molecule has 0 bridgehead atoms. The average molecular weight is 454 g/mol. The molecule has 5 rings (SSSR count). The van der Waals surface area contributed by atoms with Crippen LogP contribution in [0.3, 0.4) is 0 Å². The van der Waals surface area contributed by atoms with Gasteiger partial charge in [0.25, 0.3) is 0 Å². The van der Waals surface area contributed by atoms with E-state index in [-0.39, 0.29) is 5.95 Å². The van der Waals surface area contributed by atoms with Crippen LogP contribution >= 0.6 is 0 Å². The molecule has 1 fully saturated rings. The maximum Gasteiger partial charge on any atom is 0.225 e. The average Bonchev–Trinajstić information content (AvgIpc) is 3.49. The minimum Gasteiger partial charge on any atom is -0.461 e. The summed E-state index contributed by atoms with van der Waals surface area (Å²) in [7, 11) is 1.79. The highest BCUT2D eigenvalue weighted by Crippen LogP contribution is 2.25. The van der Waals surface area contributed by atoms with Crippen LogP contribution in [-0.2, 0) is 6.42 Å². The number of rotatable bonds is 6. The predicted octanol–water partition coefficient (Wildman–Crippen LogP) is 2.65. The summed E-state index contributed by atoms with van der Waals surface area (Å²) in [4.78, 5) is 13.3. The van der Waals surface area contributed by atoms with Gasteiger partial charge in [-0.2, -0.15) is 9.50 Å². The number of hydrogen-bond donors (Lipinski definition) is 2. The van der Waals surface area contributed by atoms with Crippen molar-refractivity contribution in [1.29, 1.82) is 0 Å². The number of aromatic nitrogens is 4. The van der Waals surface area contributed by atoms with Crippen molar-refractivity contribution < 1.29 is 13.2 Å². The van der Waals surface area contributed by atoms with Crippen molar-refractivity contribution in [2.24, 2.45) is 0 Å². The van der Waals surface area contributed by atoms with Gasteiger partial charge in [0.2, 0.25) is 11.8 Å². The van der Waals surface area contributed by atoms with Gasteiger partial charge in [-0.15, -0.1) is 5.10 Å². The van der Waals surface area contributed by atoms with Crippen molar-refractivity contribution in [2.45, 2.75) is 6.42 Å². The molecule has 0 radical (unpaired) electrons. The molecule has 11 heteroatoms. The van der Waals surface area contributed by atoms with E-state index in [0.717, 1.165) is 31.3 Å². The zero-order valence-electron chi connectivity index (χ0n) is 18.1. The van der Waals surface area contributed by atoms with Crippen LogP contribution in [0.25, 0.3) is 17.2 Å². The molecule has 3 aromatic heterocycles. The van der Waals surface area contributed by atoms with E-state index in [1.54, 1.807) is 25.4 Å². The van der Waals surface area contributed by atoms with E-state index in [1.807, 2.05) is 4.90 Å². The van der Waals surface area contributed by atoms with E-state index in [2.05, 4.69) is 25.3 Å². The fourth-order valence-electron chi connectivity index (χ4n) is 4.17. The SMILES string of the molecule is CNc1nc(N)n2nc(-c3ccco3)nc2c1CCN1CCN(c2ccc(F)cc2F)CC1. The van der Waals surface area contributed by atoms with Gasteiger partial charge in [-0.1, -0.05) is 0 Å². The molecule has 3 N–H and O–H groups in total. The van der Waals surface area contributed by atoms with Crippen LogP contribution in [-0.4, -0.2) is 64.3 Å². The normalized spacial score (nSPS) is 14.8. The molecule has 1 saturated heterocycles. The summed E-state index contributed by atoms with van der Waals surface area (Å²) in [5.74, 6) is 0.792. The summed E-state index contributed by atoms with van der Waals surface area (Å²) in [6.07, 6.45) is 2.24. The lowest BCUT2D eigenvalue weighted by molar-refractivity contribution is 0.260. The van der Waals surface area contributed by atoms with Gasteiger partial charge >= 0.3 is 0 Å². The lowest BCUT2D eigenvalue weighted by atomic mass is 10.1. The summed E-state index contributed by atoms with van der Waals surface area (Å²) >= 11 is 0. The molecule has 0 saturated carbocycles. The smallest absolute Gasteiger partial charge is 0.225 e. The van der Waals surface area contributed by atoms with Crippen molar-refractivity contribution in [2.75, 3.05) is 55.7 Å². The fourth-order valence-corrected chi connectivity index (χ4v) is 4.17. The van der Waals surface area contributed by atoms with Crippen LogP contribution in [0, 0.1) is 11.6 Å². The minimum atomic E-state index is -0.567. The first-order chi connectivity index (χ1) is 16.0. The highest BCUT2D eigenvalue weighted by atomic mass is 19.1. The third kappa shape index (κ3) is 4.07. The number of nitrogens with two attached hydrogens (primary N) is 1. The Morgan fingerprint density at radius 3 is 2.64 bits per heavy atom. The molecule has 172 valence electrons. The van der Waals surface area contributed by atoms with E-state index in [9.17, 15) is 8.78 Å². The number of furan rings is 1. The monoisotopic (exact) mass is 454 g/mol. The largest absolute Gasteiger partial charge is 0.461 e. The van der Waals surface area contributed by atoms with Gasteiger partial charge in [-0.25, -0.2) is 13.8 Å². The summed E-state index contributed by atoms with van der Waals surface area (Å²) in [5.41, 5.74) is 8.08. The number of benzene rings is 1. The number of fused-ring (bicyclic) bond motifs is 1. The Bertz CT molecular complexity index is 1270. The molecule has 4 heterocycles. The Balaban J connectivity index is 1.32. The Hall–Kier alpha value is -3.73. The Morgan fingerprint density at radius 2 is 1.94 bits per heavy atom. The summed E-state index contributed by atoms with van der Waals surface area (Å²) in [6, 6.07) is 7.29. The molecule has 9 nitrogen and oxygen atoms in total. The summed E-state index contributed by atoms with van der Waals surface area (Å²) in [5, 5.41) is 7.56. The topological polar surface area (TPSA) is 101 Å². The molecular weight excluding hydrogens is 430 g/mol. The highest BCUT2D eigenvalue weighted by molar-refractivity contribution is 5.66. The van der Waals surface area contributed by atoms with Crippen LogP contribution in [0.15, 0.2) is 41.0 Å². The van der Waals surface area contributed by atoms with Crippen molar-refractivity contribution in [3.8, 4) is 11.6 Å². The second kappa shape index (κ2) is 8.66. The standard InChI is InChI=1S/C22H24F2N8O/c1-26-19-15(21-27-20(18-3-2-12-33-18)29-32(21)22(25)28-19)6-7-30-8-10-31(11-9-30)17-5-4-14(23)13-16(17)24/h2-5,12-13,26H,6-11H2,1H3,(H2,25,28). The van der Waals surface area contributed by atoms with E-state index in [0.29, 0.717) is 48.2 Å². The van der Waals surface area contributed by atoms with Gasteiger partial charge in [0, 0.05) is 51.4 Å². The van der Waals surface area contributed by atoms with Crippen molar-refractivity contribution in [3.05, 3.63) is 53.8 Å². The van der Waals surface area contributed by atoms with Crippen molar-refractivity contribution in [1.82, 2.24) is 24.5 Å². The van der Waals surface area contributed by atoms with Gasteiger partial charge in [0.1, 0.15) is 17.5 Å². The van der Waals surface area contributed by atoms with E-state index >= 15 is 0 Å². The Kier molecular flexibility index (Phi) is 5.55. The lowest BCUT2D eigenvalue weighted by Crippen LogP contribution is -2.47. The first-order valence-electron chi connectivity index (χ1n) is 10.7. The first-order valence-corrected chi connectivity index (χ1v) is 10.7. The first kappa shape index (κ1) is 21.1. The third-order valence-electron chi connectivity index (χ3n) is 5.89. The summed E-state index contributed by atoms with van der Waals surface area (Å²) < 4.78 is 34.3. The molecule has 0 aliphatic carbocycles. The molecule has 1 aliphatic rings. The minimum absolute atomic E-state index is 0.235. The predicted molar refractivity (Wildman–Crippen MR) is 121 cm³/mol. The van der Waals surface area contributed by atoms with Gasteiger partial charge in [-0.05, 0) is 30.7 Å². The zero-order valence-corrected chi connectivity index (χ0v) is 18.1. The van der Waals surface area contributed by atoms with Gasteiger partial charge in [0.15, 0.2) is 11.4 Å². The molecule has 4 aromatic rings. The van der Waals surface area contributed by atoms with E-state index < -0.39 is 11.6 Å². The van der Waals surface area contributed by atoms with Gasteiger partial charge in [0.05, 0.1) is 12.0 Å².